The minimum atomic E-state index is -0.457. The summed E-state index contributed by atoms with van der Waals surface area (Å²) >= 11 is 10.8. The third-order valence-corrected chi connectivity index (χ3v) is 4.53. The van der Waals surface area contributed by atoms with Gasteiger partial charge in [-0.05, 0) is 34.1 Å². The fourth-order valence-corrected chi connectivity index (χ4v) is 3.18. The number of benzene rings is 1. The van der Waals surface area contributed by atoms with Gasteiger partial charge in [0.25, 0.3) is 0 Å². The molecule has 19 heavy (non-hydrogen) atoms. The molecule has 0 unspecified atom stereocenters. The van der Waals surface area contributed by atoms with Crippen molar-refractivity contribution >= 4 is 44.8 Å². The van der Waals surface area contributed by atoms with Gasteiger partial charge in [-0.15, -0.1) is 11.3 Å². The Morgan fingerprint density at radius 2 is 2.26 bits per heavy atom. The molecule has 2 nitrogen and oxygen atoms in total. The summed E-state index contributed by atoms with van der Waals surface area (Å²) in [5.41, 5.74) is 0.231. The van der Waals surface area contributed by atoms with Crippen molar-refractivity contribution in [2.24, 2.45) is 0 Å². The summed E-state index contributed by atoms with van der Waals surface area (Å²) in [4.78, 5) is 12.8. The second kappa shape index (κ2) is 6.50. The van der Waals surface area contributed by atoms with E-state index in [1.54, 1.807) is 17.4 Å². The lowest BCUT2D eigenvalue weighted by atomic mass is 10.1. The Labute approximate surface area is 127 Å². The first kappa shape index (κ1) is 14.5. The van der Waals surface area contributed by atoms with E-state index < -0.39 is 5.82 Å². The summed E-state index contributed by atoms with van der Waals surface area (Å²) in [7, 11) is 0. The van der Waals surface area contributed by atoms with Gasteiger partial charge in [-0.3, -0.25) is 4.79 Å². The molecule has 100 valence electrons. The Morgan fingerprint density at radius 3 is 2.89 bits per heavy atom. The molecule has 0 saturated heterocycles. The maximum absolute atomic E-state index is 13.5. The van der Waals surface area contributed by atoms with Crippen molar-refractivity contribution in [3.8, 4) is 0 Å². The van der Waals surface area contributed by atoms with Crippen LogP contribution < -0.4 is 5.32 Å². The number of halogens is 3. The number of carbonyl (C=O) groups excluding carboxylic acids is 1. The van der Waals surface area contributed by atoms with E-state index in [-0.39, 0.29) is 22.9 Å². The predicted molar refractivity (Wildman–Crippen MR) is 79.0 cm³/mol. The SMILES string of the molecule is O=C(Cc1c(F)cccc1Cl)NCc1cc(Br)cs1. The van der Waals surface area contributed by atoms with Crippen LogP contribution in [0.2, 0.25) is 5.02 Å². The van der Waals surface area contributed by atoms with Crippen LogP contribution in [0.1, 0.15) is 10.4 Å². The number of carbonyl (C=O) groups is 1. The molecule has 0 bridgehead atoms. The first-order valence-corrected chi connectivity index (χ1v) is 7.54. The van der Waals surface area contributed by atoms with Gasteiger partial charge in [-0.2, -0.15) is 0 Å². The van der Waals surface area contributed by atoms with Gasteiger partial charge in [0, 0.05) is 25.3 Å². The van der Waals surface area contributed by atoms with Gasteiger partial charge in [-0.1, -0.05) is 17.7 Å². The van der Waals surface area contributed by atoms with Crippen molar-refractivity contribution in [3.05, 3.63) is 55.4 Å². The molecule has 6 heteroatoms. The molecular weight excluding hydrogens is 353 g/mol. The third-order valence-electron chi connectivity index (χ3n) is 2.48. The smallest absolute Gasteiger partial charge is 0.224 e. The van der Waals surface area contributed by atoms with Gasteiger partial charge in [0.2, 0.25) is 5.91 Å². The number of hydrogen-bond acceptors (Lipinski definition) is 2. The number of amides is 1. The van der Waals surface area contributed by atoms with E-state index >= 15 is 0 Å². The van der Waals surface area contributed by atoms with Crippen LogP contribution in [0.15, 0.2) is 34.1 Å². The summed E-state index contributed by atoms with van der Waals surface area (Å²) < 4.78 is 14.5. The molecule has 0 atom stereocenters. The van der Waals surface area contributed by atoms with Crippen molar-refractivity contribution in [2.75, 3.05) is 0 Å². The van der Waals surface area contributed by atoms with E-state index in [1.165, 1.54) is 12.1 Å². The van der Waals surface area contributed by atoms with Crippen molar-refractivity contribution in [2.45, 2.75) is 13.0 Å². The van der Waals surface area contributed by atoms with E-state index in [2.05, 4.69) is 21.2 Å². The van der Waals surface area contributed by atoms with Crippen LogP contribution in [0.25, 0.3) is 0 Å². The van der Waals surface area contributed by atoms with E-state index in [9.17, 15) is 9.18 Å². The minimum absolute atomic E-state index is 0.0575. The molecule has 0 radical (unpaired) electrons. The highest BCUT2D eigenvalue weighted by atomic mass is 79.9. The highest BCUT2D eigenvalue weighted by Gasteiger charge is 2.11. The first-order chi connectivity index (χ1) is 9.06. The van der Waals surface area contributed by atoms with E-state index in [1.807, 2.05) is 11.4 Å². The maximum Gasteiger partial charge on any atom is 0.224 e. The fourth-order valence-electron chi connectivity index (χ4n) is 1.56. The lowest BCUT2D eigenvalue weighted by Gasteiger charge is -2.06. The standard InChI is InChI=1S/C13H10BrClFNOS/c14-8-4-9(19-7-8)6-17-13(18)5-10-11(15)2-1-3-12(10)16/h1-4,7H,5-6H2,(H,17,18). The van der Waals surface area contributed by atoms with Crippen molar-refractivity contribution in [1.29, 1.82) is 0 Å². The summed E-state index contributed by atoms with van der Waals surface area (Å²) in [5, 5.41) is 4.95. The Kier molecular flexibility index (Phi) is 4.96. The molecule has 0 aliphatic heterocycles. The Morgan fingerprint density at radius 1 is 1.47 bits per heavy atom. The lowest BCUT2D eigenvalue weighted by molar-refractivity contribution is -0.120. The minimum Gasteiger partial charge on any atom is -0.351 e. The Hall–Kier alpha value is -0.910. The molecule has 1 heterocycles. The zero-order chi connectivity index (χ0) is 13.8. The van der Waals surface area contributed by atoms with Gasteiger partial charge in [0.05, 0.1) is 13.0 Å². The average Bonchev–Trinajstić information content (AvgIpc) is 2.77. The number of rotatable bonds is 4. The van der Waals surface area contributed by atoms with Crippen LogP contribution in [0.5, 0.6) is 0 Å². The summed E-state index contributed by atoms with van der Waals surface area (Å²) in [6, 6.07) is 6.32. The molecule has 0 aliphatic carbocycles. The Balaban J connectivity index is 1.94. The molecule has 2 rings (SSSR count). The third kappa shape index (κ3) is 4.03. The second-order valence-corrected chi connectivity index (χ2v) is 6.20. The van der Waals surface area contributed by atoms with Crippen LogP contribution in [-0.4, -0.2) is 5.91 Å². The number of thiophene rings is 1. The molecule has 1 N–H and O–H groups in total. The molecule has 0 fully saturated rings. The van der Waals surface area contributed by atoms with Crippen LogP contribution >= 0.6 is 38.9 Å². The van der Waals surface area contributed by atoms with Gasteiger partial charge in [0.15, 0.2) is 0 Å². The van der Waals surface area contributed by atoms with Crippen LogP contribution in [0.3, 0.4) is 0 Å². The molecule has 0 spiro atoms. The fraction of sp³-hybridized carbons (Fsp3) is 0.154. The van der Waals surface area contributed by atoms with Gasteiger partial charge in [-0.25, -0.2) is 4.39 Å². The van der Waals surface area contributed by atoms with Crippen molar-refractivity contribution < 1.29 is 9.18 Å². The molecule has 0 saturated carbocycles. The zero-order valence-electron chi connectivity index (χ0n) is 9.75. The summed E-state index contributed by atoms with van der Waals surface area (Å²) in [6.07, 6.45) is -0.0575. The molecular formula is C13H10BrClFNOS. The zero-order valence-corrected chi connectivity index (χ0v) is 12.9. The highest BCUT2D eigenvalue weighted by molar-refractivity contribution is 9.10. The first-order valence-electron chi connectivity index (χ1n) is 5.49. The molecule has 1 amide bonds. The molecule has 0 aliphatic rings. The summed E-state index contributed by atoms with van der Waals surface area (Å²) in [5.74, 6) is -0.710. The molecule has 1 aromatic heterocycles. The number of hydrogen-bond donors (Lipinski definition) is 1. The van der Waals surface area contributed by atoms with Gasteiger partial charge < -0.3 is 5.32 Å². The van der Waals surface area contributed by atoms with Crippen LogP contribution in [0, 0.1) is 5.82 Å². The topological polar surface area (TPSA) is 29.1 Å². The van der Waals surface area contributed by atoms with Crippen molar-refractivity contribution in [3.63, 3.8) is 0 Å². The largest absolute Gasteiger partial charge is 0.351 e. The Bertz CT molecular complexity index is 582. The van der Waals surface area contributed by atoms with Crippen molar-refractivity contribution in [1.82, 2.24) is 5.32 Å². The van der Waals surface area contributed by atoms with Crippen LogP contribution in [-0.2, 0) is 17.8 Å². The lowest BCUT2D eigenvalue weighted by Crippen LogP contribution is -2.24. The van der Waals surface area contributed by atoms with Gasteiger partial charge in [0.1, 0.15) is 5.82 Å². The normalized spacial score (nSPS) is 10.5. The maximum atomic E-state index is 13.5. The molecule has 2 aromatic rings. The van der Waals surface area contributed by atoms with Gasteiger partial charge >= 0.3 is 0 Å². The summed E-state index contributed by atoms with van der Waals surface area (Å²) in [6.45, 7) is 0.432. The van der Waals surface area contributed by atoms with E-state index in [0.717, 1.165) is 9.35 Å². The van der Waals surface area contributed by atoms with E-state index in [4.69, 9.17) is 11.6 Å². The highest BCUT2D eigenvalue weighted by Crippen LogP contribution is 2.21. The second-order valence-electron chi connectivity index (χ2n) is 3.88. The predicted octanol–water partition coefficient (Wildman–Crippen LogP) is 4.16. The number of nitrogens with one attached hydrogen (secondary N) is 1. The monoisotopic (exact) mass is 361 g/mol. The quantitative estimate of drug-likeness (QED) is 0.869. The van der Waals surface area contributed by atoms with E-state index in [0.29, 0.717) is 6.54 Å². The average molecular weight is 363 g/mol. The van der Waals surface area contributed by atoms with Crippen LogP contribution in [0.4, 0.5) is 4.39 Å². The molecule has 1 aromatic carbocycles.